The number of anilines is 3. The lowest BCUT2D eigenvalue weighted by molar-refractivity contribution is 0.567. The number of hydrogen-bond donors (Lipinski definition) is 0. The molecule has 0 saturated heterocycles. The predicted octanol–water partition coefficient (Wildman–Crippen LogP) is 16.9. The van der Waals surface area contributed by atoms with Crippen LogP contribution in [0, 0.1) is 0 Å². The van der Waals surface area contributed by atoms with Crippen molar-refractivity contribution in [2.24, 2.45) is 0 Å². The van der Waals surface area contributed by atoms with E-state index in [0.717, 1.165) is 55.1 Å². The van der Waals surface area contributed by atoms with Crippen LogP contribution in [-0.2, 0) is 5.41 Å². The summed E-state index contributed by atoms with van der Waals surface area (Å²) in [5, 5.41) is 1.72. The molecule has 1 heterocycles. The molecule has 0 fully saturated rings. The molecule has 2 heteroatoms. The van der Waals surface area contributed by atoms with Gasteiger partial charge in [-0.25, -0.2) is 0 Å². The Morgan fingerprint density at radius 1 is 0.563 bits per heavy atom. The largest absolute Gasteiger partial charge is 0.456 e. The number of nitrogens with zero attached hydrogens (tertiary/aromatic N) is 1. The van der Waals surface area contributed by atoms with Gasteiger partial charge >= 0.3 is 0 Å². The number of para-hydroxylation sites is 1. The van der Waals surface area contributed by atoms with Crippen LogP contribution in [0.5, 0.6) is 0 Å². The van der Waals surface area contributed by atoms with E-state index in [9.17, 15) is 13.7 Å². The van der Waals surface area contributed by atoms with Crippen LogP contribution in [0.15, 0.2) is 254 Å². The summed E-state index contributed by atoms with van der Waals surface area (Å²) in [4.78, 5) is 1.53. The van der Waals surface area contributed by atoms with E-state index in [1.807, 2.05) is 158 Å². The summed E-state index contributed by atoms with van der Waals surface area (Å²) in [5.41, 5.74) is 8.47. The molecule has 9 aromatic rings. The first-order chi connectivity index (χ1) is 39.3. The van der Waals surface area contributed by atoms with Gasteiger partial charge in [-0.2, -0.15) is 0 Å². The maximum absolute atomic E-state index is 10.7. The Hall–Kier alpha value is -8.72. The zero-order chi connectivity index (χ0) is 56.4. The monoisotopic (exact) mass is 921 g/mol. The Morgan fingerprint density at radius 2 is 1.23 bits per heavy atom. The predicted molar refractivity (Wildman–Crippen MR) is 300 cm³/mol. The third kappa shape index (κ3) is 7.70. The van der Waals surface area contributed by atoms with Crippen molar-refractivity contribution in [1.82, 2.24) is 0 Å². The van der Waals surface area contributed by atoms with Crippen LogP contribution in [0.2, 0.25) is 0 Å². The third-order valence-electron chi connectivity index (χ3n) is 13.7. The van der Waals surface area contributed by atoms with Crippen LogP contribution >= 0.6 is 0 Å². The lowest BCUT2D eigenvalue weighted by Gasteiger charge is -2.35. The van der Waals surface area contributed by atoms with Gasteiger partial charge in [-0.15, -0.1) is 0 Å². The molecule has 0 N–H and O–H groups in total. The van der Waals surface area contributed by atoms with E-state index in [2.05, 4.69) is 25.3 Å². The van der Waals surface area contributed by atoms with Crippen LogP contribution < -0.4 is 15.5 Å². The van der Waals surface area contributed by atoms with Crippen molar-refractivity contribution in [3.05, 3.63) is 299 Å². The number of fused-ring (bicyclic) bond motifs is 6. The summed E-state index contributed by atoms with van der Waals surface area (Å²) in [5.74, 6) is 0. The van der Waals surface area contributed by atoms with Gasteiger partial charge in [0.05, 0.1) is 16.4 Å². The lowest BCUT2D eigenvalue weighted by atomic mass is 9.67. The first-order valence-corrected chi connectivity index (χ1v) is 23.9. The average Bonchev–Trinajstić information content (AvgIpc) is 2.20. The van der Waals surface area contributed by atoms with E-state index in [4.69, 9.17) is 4.42 Å². The molecule has 2 nitrogen and oxygen atoms in total. The van der Waals surface area contributed by atoms with Gasteiger partial charge in [0, 0.05) is 30.4 Å². The molecule has 12 rings (SSSR count). The van der Waals surface area contributed by atoms with Gasteiger partial charge in [0.1, 0.15) is 11.0 Å². The van der Waals surface area contributed by atoms with Crippen molar-refractivity contribution in [3.8, 4) is 22.3 Å². The van der Waals surface area contributed by atoms with Crippen molar-refractivity contribution >= 4 is 57.4 Å². The number of rotatable bonds is 12. The van der Waals surface area contributed by atoms with Crippen molar-refractivity contribution in [2.75, 3.05) is 4.90 Å². The van der Waals surface area contributed by atoms with Crippen molar-refractivity contribution in [3.63, 3.8) is 0 Å². The van der Waals surface area contributed by atoms with Crippen molar-refractivity contribution in [2.45, 2.75) is 31.1 Å². The molecule has 2 atom stereocenters. The molecule has 2 unspecified atom stereocenters. The lowest BCUT2D eigenvalue weighted by Crippen LogP contribution is -2.28. The van der Waals surface area contributed by atoms with Gasteiger partial charge in [-0.1, -0.05) is 213 Å². The molecule has 0 radical (unpaired) electrons. The highest BCUT2D eigenvalue weighted by molar-refractivity contribution is 5.90. The molecule has 0 saturated carbocycles. The molecule has 3 aliphatic rings. The van der Waals surface area contributed by atoms with Gasteiger partial charge in [-0.05, 0) is 152 Å². The first kappa shape index (κ1) is 33.7. The van der Waals surface area contributed by atoms with Crippen LogP contribution in [0.4, 0.5) is 17.1 Å². The second kappa shape index (κ2) is 18.6. The van der Waals surface area contributed by atoms with Crippen LogP contribution in [0.3, 0.4) is 0 Å². The van der Waals surface area contributed by atoms with Gasteiger partial charge in [0.25, 0.3) is 0 Å². The Kier molecular flexibility index (Phi) is 8.86. The summed E-state index contributed by atoms with van der Waals surface area (Å²) in [6, 6.07) is 47.3. The maximum Gasteiger partial charge on any atom is 0.138 e. The average molecular weight is 922 g/mol. The van der Waals surface area contributed by atoms with E-state index in [1.165, 1.54) is 4.90 Å². The Bertz CT molecular complexity index is 4280. The fourth-order valence-electron chi connectivity index (χ4n) is 10.4. The SMILES string of the molecule is [2H]C1=C(C2=c3oc4ccccc4c3=CCC2)C([2H])C([2H])C(c2c([2H])c([2H])c(N(c3ccc(-c4ccc(/C=C\C=C)c(/C=C\C=C)c4)cc3)c3cc([2H])c4c(c3[2H])C(c3ccccc3)(c3ccccc3)c3ccccc3-4)c([2H])c2[2H])=C1[2H]. The van der Waals surface area contributed by atoms with E-state index in [-0.39, 0.29) is 46.2 Å². The van der Waals surface area contributed by atoms with Gasteiger partial charge in [-0.3, -0.25) is 0 Å². The topological polar surface area (TPSA) is 16.4 Å². The summed E-state index contributed by atoms with van der Waals surface area (Å²) in [6.45, 7) is 7.69. The Balaban J connectivity index is 1.09. The standard InChI is InChI=1S/C69H53NO/c1-3-5-18-48-32-35-54(46-53(48)19-6-4-2)51-38-42-58(43-39-51)70(57-40-36-50(37-41-57)49-30-33-52(34-31-49)60-26-17-27-64-63-25-14-16-29-67(63)71-68(60)64)59-44-45-62-61-24-13-15-28-65(61)69(66(62)47-59,55-20-9-7-10-21-55)56-22-11-8-12-23-56/h3-16,18-25,27-30,32-33,35-47H,1-2,17,26,31,34H2/b18-5-,19-6-/i30D,31D,33D,34D,36D,37D,40D,41D,45D,47D. The highest BCUT2D eigenvalue weighted by Crippen LogP contribution is 2.57. The molecular formula is C69H53NO. The van der Waals surface area contributed by atoms with Crippen LogP contribution in [0.1, 0.15) is 78.3 Å². The van der Waals surface area contributed by atoms with Crippen LogP contribution in [-0.4, -0.2) is 0 Å². The smallest absolute Gasteiger partial charge is 0.138 e. The summed E-state index contributed by atoms with van der Waals surface area (Å²) in [7, 11) is 0. The van der Waals surface area contributed by atoms with E-state index < -0.39 is 48.4 Å². The molecule has 71 heavy (non-hydrogen) atoms. The molecule has 1 aromatic heterocycles. The minimum absolute atomic E-state index is 0.00891. The fourth-order valence-corrected chi connectivity index (χ4v) is 10.4. The highest BCUT2D eigenvalue weighted by Gasteiger charge is 2.46. The zero-order valence-electron chi connectivity index (χ0n) is 48.9. The minimum atomic E-state index is -1.58. The number of benzene rings is 8. The van der Waals surface area contributed by atoms with Gasteiger partial charge < -0.3 is 9.32 Å². The molecular weight excluding hydrogens is 859 g/mol. The summed E-state index contributed by atoms with van der Waals surface area (Å²) in [6.07, 6.45) is 11.2. The molecule has 3 aliphatic carbocycles. The molecule has 0 aliphatic heterocycles. The molecule has 0 bridgehead atoms. The van der Waals surface area contributed by atoms with Crippen molar-refractivity contribution in [1.29, 1.82) is 0 Å². The normalized spacial score (nSPS) is 19.0. The zero-order valence-corrected chi connectivity index (χ0v) is 38.9. The van der Waals surface area contributed by atoms with Gasteiger partial charge in [0.15, 0.2) is 0 Å². The Morgan fingerprint density at radius 3 is 1.99 bits per heavy atom. The second-order valence-electron chi connectivity index (χ2n) is 17.7. The number of allylic oxidation sites excluding steroid dienone is 8. The molecule has 340 valence electrons. The quantitative estimate of drug-likeness (QED) is 0.114. The molecule has 8 aromatic carbocycles. The highest BCUT2D eigenvalue weighted by atomic mass is 16.3. The van der Waals surface area contributed by atoms with E-state index in [0.29, 0.717) is 46.2 Å². The first-order valence-electron chi connectivity index (χ1n) is 29.0. The minimum Gasteiger partial charge on any atom is -0.456 e. The number of hydrogen-bond acceptors (Lipinski definition) is 2. The van der Waals surface area contributed by atoms with E-state index in [1.54, 1.807) is 30.4 Å². The van der Waals surface area contributed by atoms with Crippen molar-refractivity contribution < 1.29 is 18.1 Å². The summed E-state index contributed by atoms with van der Waals surface area (Å²) >= 11 is 0. The van der Waals surface area contributed by atoms with Gasteiger partial charge in [0.2, 0.25) is 0 Å². The van der Waals surface area contributed by atoms with E-state index >= 15 is 0 Å². The fraction of sp³-hybridized carbons (Fsp3) is 0.0725. The number of furan rings is 1. The summed E-state index contributed by atoms with van der Waals surface area (Å²) < 4.78 is 105. The third-order valence-corrected chi connectivity index (χ3v) is 13.7. The second-order valence-corrected chi connectivity index (χ2v) is 17.7. The molecule has 0 amide bonds. The maximum atomic E-state index is 10.7. The van der Waals surface area contributed by atoms with Crippen LogP contribution in [0.25, 0.3) is 62.6 Å². The molecule has 0 spiro atoms. The Labute approximate surface area is 431 Å².